The highest BCUT2D eigenvalue weighted by atomic mass is 16.5. The first-order valence-electron chi connectivity index (χ1n) is 9.96. The van der Waals surface area contributed by atoms with Crippen LogP contribution in [-0.2, 0) is 9.53 Å². The Kier molecular flexibility index (Phi) is 5.50. The normalized spacial score (nSPS) is 11.8. The van der Waals surface area contributed by atoms with Crippen LogP contribution in [0.3, 0.4) is 0 Å². The first-order valence-corrected chi connectivity index (χ1v) is 9.96. The van der Waals surface area contributed by atoms with E-state index in [4.69, 9.17) is 15.5 Å². The summed E-state index contributed by atoms with van der Waals surface area (Å²) in [7, 11) is 0. The molecule has 1 amide bonds. The molecule has 1 atom stereocenters. The van der Waals surface area contributed by atoms with Gasteiger partial charge in [0.25, 0.3) is 5.91 Å². The number of carbonyl (C=O) groups is 2. The number of benzene rings is 3. The van der Waals surface area contributed by atoms with E-state index < -0.39 is 18.0 Å². The van der Waals surface area contributed by atoms with Gasteiger partial charge in [0.15, 0.2) is 0 Å². The van der Waals surface area contributed by atoms with Gasteiger partial charge in [-0.3, -0.25) is 4.79 Å². The fraction of sp³-hybridized carbons (Fsp3) is 0.115. The van der Waals surface area contributed by atoms with Gasteiger partial charge in [-0.05, 0) is 31.5 Å². The second-order valence-electron chi connectivity index (χ2n) is 7.49. The van der Waals surface area contributed by atoms with Crippen molar-refractivity contribution >= 4 is 22.8 Å². The van der Waals surface area contributed by atoms with E-state index >= 15 is 0 Å². The van der Waals surface area contributed by atoms with Crippen LogP contribution in [0.25, 0.3) is 22.2 Å². The molecular weight excluding hydrogens is 388 g/mol. The Morgan fingerprint density at radius 2 is 1.61 bits per heavy atom. The summed E-state index contributed by atoms with van der Waals surface area (Å²) in [5, 5.41) is 0.650. The maximum absolute atomic E-state index is 13.2. The number of aromatic nitrogens is 1. The number of rotatable bonds is 5. The lowest BCUT2D eigenvalue weighted by Gasteiger charge is -2.16. The van der Waals surface area contributed by atoms with Crippen molar-refractivity contribution in [3.8, 4) is 11.3 Å². The summed E-state index contributed by atoms with van der Waals surface area (Å²) in [6, 6.07) is 23.9. The van der Waals surface area contributed by atoms with Crippen molar-refractivity contribution in [1.29, 1.82) is 0 Å². The number of amides is 1. The maximum atomic E-state index is 13.2. The Labute approximate surface area is 180 Å². The van der Waals surface area contributed by atoms with Crippen molar-refractivity contribution in [2.75, 3.05) is 0 Å². The van der Waals surface area contributed by atoms with Gasteiger partial charge in [-0.25, -0.2) is 9.78 Å². The molecule has 2 N–H and O–H groups in total. The van der Waals surface area contributed by atoms with Crippen molar-refractivity contribution in [3.05, 3.63) is 101 Å². The van der Waals surface area contributed by atoms with Gasteiger partial charge in [0.05, 0.1) is 16.8 Å². The van der Waals surface area contributed by atoms with Gasteiger partial charge in [-0.2, -0.15) is 0 Å². The van der Waals surface area contributed by atoms with E-state index in [1.54, 1.807) is 30.3 Å². The van der Waals surface area contributed by atoms with Gasteiger partial charge in [-0.15, -0.1) is 0 Å². The molecule has 0 aliphatic heterocycles. The highest BCUT2D eigenvalue weighted by Crippen LogP contribution is 2.29. The monoisotopic (exact) mass is 410 g/mol. The second kappa shape index (κ2) is 8.40. The zero-order valence-corrected chi connectivity index (χ0v) is 17.3. The molecule has 1 aromatic heterocycles. The van der Waals surface area contributed by atoms with Crippen LogP contribution in [-0.4, -0.2) is 16.9 Å². The fourth-order valence-electron chi connectivity index (χ4n) is 3.67. The summed E-state index contributed by atoms with van der Waals surface area (Å²) in [5.41, 5.74) is 10.9. The van der Waals surface area contributed by atoms with Gasteiger partial charge in [0.1, 0.15) is 0 Å². The van der Waals surface area contributed by atoms with Gasteiger partial charge < -0.3 is 10.5 Å². The molecule has 3 aromatic carbocycles. The third-order valence-electron chi connectivity index (χ3n) is 5.18. The highest BCUT2D eigenvalue weighted by molar-refractivity contribution is 6.05. The van der Waals surface area contributed by atoms with Crippen LogP contribution in [0, 0.1) is 13.8 Å². The minimum absolute atomic E-state index is 0.336. The van der Waals surface area contributed by atoms with Crippen molar-refractivity contribution in [3.63, 3.8) is 0 Å². The molecule has 0 fully saturated rings. The first-order chi connectivity index (χ1) is 14.9. The molecule has 0 aliphatic carbocycles. The Balaban J connectivity index is 1.80. The maximum Gasteiger partial charge on any atom is 0.340 e. The van der Waals surface area contributed by atoms with Crippen LogP contribution in [0.4, 0.5) is 0 Å². The number of aryl methyl sites for hydroxylation is 2. The minimum atomic E-state index is -1.18. The summed E-state index contributed by atoms with van der Waals surface area (Å²) in [4.78, 5) is 30.0. The van der Waals surface area contributed by atoms with E-state index in [1.807, 2.05) is 56.3 Å². The topological polar surface area (TPSA) is 82.3 Å². The predicted octanol–water partition coefficient (Wildman–Crippen LogP) is 4.90. The lowest BCUT2D eigenvalue weighted by Crippen LogP contribution is -2.26. The molecule has 5 nitrogen and oxygen atoms in total. The quantitative estimate of drug-likeness (QED) is 0.474. The molecule has 0 saturated heterocycles. The smallest absolute Gasteiger partial charge is 0.340 e. The number of esters is 1. The van der Waals surface area contributed by atoms with E-state index in [9.17, 15) is 9.59 Å². The number of para-hydroxylation sites is 1. The summed E-state index contributed by atoms with van der Waals surface area (Å²) >= 11 is 0. The predicted molar refractivity (Wildman–Crippen MR) is 120 cm³/mol. The van der Waals surface area contributed by atoms with E-state index in [2.05, 4.69) is 6.07 Å². The van der Waals surface area contributed by atoms with E-state index in [1.165, 1.54) is 0 Å². The zero-order valence-electron chi connectivity index (χ0n) is 17.3. The van der Waals surface area contributed by atoms with Crippen LogP contribution in [0.15, 0.2) is 78.9 Å². The van der Waals surface area contributed by atoms with Crippen molar-refractivity contribution in [1.82, 2.24) is 4.98 Å². The number of carbonyl (C=O) groups excluding carboxylic acids is 2. The number of hydrogen-bond acceptors (Lipinski definition) is 4. The SMILES string of the molecule is Cc1ccc(-c2cc(C(=O)OC(C(N)=O)c3ccccc3)c3ccccc3n2)c(C)c1. The molecule has 0 spiro atoms. The van der Waals surface area contributed by atoms with E-state index in [-0.39, 0.29) is 0 Å². The molecule has 0 aliphatic rings. The average Bonchev–Trinajstić information content (AvgIpc) is 2.77. The number of nitrogens with zero attached hydrogens (tertiary/aromatic N) is 1. The molecule has 1 unspecified atom stereocenters. The number of fused-ring (bicyclic) bond motifs is 1. The van der Waals surface area contributed by atoms with Crippen LogP contribution in [0.2, 0.25) is 0 Å². The first kappa shape index (κ1) is 20.3. The minimum Gasteiger partial charge on any atom is -0.444 e. The molecule has 0 radical (unpaired) electrons. The van der Waals surface area contributed by atoms with Crippen molar-refractivity contribution in [2.24, 2.45) is 5.73 Å². The summed E-state index contributed by atoms with van der Waals surface area (Å²) in [6.07, 6.45) is -1.18. The molecule has 0 saturated carbocycles. The average molecular weight is 410 g/mol. The Hall–Kier alpha value is -3.99. The summed E-state index contributed by atoms with van der Waals surface area (Å²) in [5.74, 6) is -1.36. The lowest BCUT2D eigenvalue weighted by atomic mass is 9.99. The van der Waals surface area contributed by atoms with Crippen molar-refractivity contribution < 1.29 is 14.3 Å². The Morgan fingerprint density at radius 3 is 2.32 bits per heavy atom. The third-order valence-corrected chi connectivity index (χ3v) is 5.18. The zero-order chi connectivity index (χ0) is 22.0. The molecule has 0 bridgehead atoms. The van der Waals surface area contributed by atoms with Gasteiger partial charge in [0.2, 0.25) is 6.10 Å². The van der Waals surface area contributed by atoms with Crippen molar-refractivity contribution in [2.45, 2.75) is 20.0 Å². The van der Waals surface area contributed by atoms with Crippen LogP contribution in [0.1, 0.15) is 33.2 Å². The number of hydrogen-bond donors (Lipinski definition) is 1. The summed E-state index contributed by atoms with van der Waals surface area (Å²) < 4.78 is 5.59. The fourth-order valence-corrected chi connectivity index (χ4v) is 3.67. The number of primary amides is 1. The largest absolute Gasteiger partial charge is 0.444 e. The van der Waals surface area contributed by atoms with E-state index in [0.717, 1.165) is 16.7 Å². The summed E-state index contributed by atoms with van der Waals surface area (Å²) in [6.45, 7) is 4.04. The standard InChI is InChI=1S/C26H22N2O3/c1-16-12-13-19(17(2)14-16)23-15-21(20-10-6-7-11-22(20)28-23)26(30)31-24(25(27)29)18-8-4-3-5-9-18/h3-15,24H,1-2H3,(H2,27,29). The van der Waals surface area contributed by atoms with E-state index in [0.29, 0.717) is 27.7 Å². The molecule has 1 heterocycles. The molecule has 5 heteroatoms. The third kappa shape index (κ3) is 4.16. The Bertz CT molecular complexity index is 1280. The Morgan fingerprint density at radius 1 is 0.903 bits per heavy atom. The molecule has 31 heavy (non-hydrogen) atoms. The number of nitrogens with two attached hydrogens (primary N) is 1. The molecular formula is C26H22N2O3. The van der Waals surface area contributed by atoms with Crippen LogP contribution in [0.5, 0.6) is 0 Å². The molecule has 4 rings (SSSR count). The molecule has 4 aromatic rings. The van der Waals surface area contributed by atoms with Crippen LogP contribution >= 0.6 is 0 Å². The second-order valence-corrected chi connectivity index (χ2v) is 7.49. The van der Waals surface area contributed by atoms with Crippen LogP contribution < -0.4 is 5.73 Å². The van der Waals surface area contributed by atoms with Gasteiger partial charge in [-0.1, -0.05) is 72.3 Å². The number of ether oxygens (including phenoxy) is 1. The number of pyridine rings is 1. The highest BCUT2D eigenvalue weighted by Gasteiger charge is 2.25. The lowest BCUT2D eigenvalue weighted by molar-refractivity contribution is -0.127. The molecule has 154 valence electrons. The van der Waals surface area contributed by atoms with Gasteiger partial charge in [0, 0.05) is 16.5 Å². The van der Waals surface area contributed by atoms with Gasteiger partial charge >= 0.3 is 5.97 Å².